The average Bonchev–Trinajstić information content (AvgIpc) is 2.97. The highest BCUT2D eigenvalue weighted by Crippen LogP contribution is 2.42. The van der Waals surface area contributed by atoms with E-state index >= 15 is 0 Å². The number of hydrogen-bond donors (Lipinski definition) is 1. The van der Waals surface area contributed by atoms with E-state index in [-0.39, 0.29) is 17.3 Å². The summed E-state index contributed by atoms with van der Waals surface area (Å²) < 4.78 is 10.7. The summed E-state index contributed by atoms with van der Waals surface area (Å²) in [6.07, 6.45) is 0. The van der Waals surface area contributed by atoms with Gasteiger partial charge in [-0.15, -0.1) is 0 Å². The normalized spacial score (nSPS) is 18.2. The fraction of sp³-hybridized carbons (Fsp3) is 0.333. The van der Waals surface area contributed by atoms with Crippen LogP contribution >= 0.6 is 0 Å². The summed E-state index contributed by atoms with van der Waals surface area (Å²) in [5, 5.41) is 11.0. The first-order chi connectivity index (χ1) is 14.3. The molecule has 6 heteroatoms. The third-order valence-electron chi connectivity index (χ3n) is 5.15. The van der Waals surface area contributed by atoms with E-state index in [1.807, 2.05) is 32.9 Å². The van der Waals surface area contributed by atoms with Crippen molar-refractivity contribution in [2.24, 2.45) is 5.92 Å². The molecule has 1 aliphatic rings. The number of carbonyl (C=O) groups excluding carboxylic acids is 2. The molecule has 0 unspecified atom stereocenters. The van der Waals surface area contributed by atoms with Gasteiger partial charge in [0.05, 0.1) is 25.8 Å². The maximum atomic E-state index is 13.0. The Bertz CT molecular complexity index is 991. The summed E-state index contributed by atoms with van der Waals surface area (Å²) in [6, 6.07) is 11.7. The number of aliphatic hydroxyl groups is 1. The molecule has 1 fully saturated rings. The Morgan fingerprint density at radius 3 is 2.23 bits per heavy atom. The van der Waals surface area contributed by atoms with Crippen LogP contribution in [0.1, 0.15) is 36.6 Å². The molecule has 30 heavy (non-hydrogen) atoms. The molecule has 6 nitrogen and oxygen atoms in total. The molecular weight excluding hydrogens is 382 g/mol. The van der Waals surface area contributed by atoms with Crippen molar-refractivity contribution in [2.75, 3.05) is 20.8 Å². The van der Waals surface area contributed by atoms with E-state index in [4.69, 9.17) is 9.47 Å². The molecule has 0 saturated carbocycles. The van der Waals surface area contributed by atoms with Gasteiger partial charge in [-0.1, -0.05) is 49.7 Å². The fourth-order valence-electron chi connectivity index (χ4n) is 3.70. The number of aliphatic hydroxyl groups excluding tert-OH is 1. The highest BCUT2D eigenvalue weighted by Gasteiger charge is 2.46. The first kappa shape index (κ1) is 21.4. The Balaban J connectivity index is 2.21. The highest BCUT2D eigenvalue weighted by molar-refractivity contribution is 6.46. The number of amides is 1. The van der Waals surface area contributed by atoms with Gasteiger partial charge >= 0.3 is 0 Å². The lowest BCUT2D eigenvalue weighted by atomic mass is 9.94. The van der Waals surface area contributed by atoms with Crippen LogP contribution in [0.3, 0.4) is 0 Å². The van der Waals surface area contributed by atoms with Crippen LogP contribution in [-0.4, -0.2) is 42.5 Å². The predicted octanol–water partition coefficient (Wildman–Crippen LogP) is 4.09. The van der Waals surface area contributed by atoms with Gasteiger partial charge in [0.15, 0.2) is 11.5 Å². The van der Waals surface area contributed by atoms with Crippen molar-refractivity contribution in [3.05, 3.63) is 64.7 Å². The van der Waals surface area contributed by atoms with E-state index < -0.39 is 17.7 Å². The van der Waals surface area contributed by atoms with Crippen molar-refractivity contribution in [3.63, 3.8) is 0 Å². The Labute approximate surface area is 176 Å². The van der Waals surface area contributed by atoms with Crippen LogP contribution in [-0.2, 0) is 9.59 Å². The van der Waals surface area contributed by atoms with Crippen LogP contribution in [0.2, 0.25) is 0 Å². The molecule has 1 amide bonds. The van der Waals surface area contributed by atoms with E-state index in [2.05, 4.69) is 0 Å². The summed E-state index contributed by atoms with van der Waals surface area (Å²) in [5.74, 6) is -0.309. The first-order valence-electron chi connectivity index (χ1n) is 9.85. The van der Waals surface area contributed by atoms with Crippen LogP contribution < -0.4 is 9.47 Å². The van der Waals surface area contributed by atoms with Gasteiger partial charge in [-0.05, 0) is 30.5 Å². The van der Waals surface area contributed by atoms with Crippen molar-refractivity contribution in [3.8, 4) is 11.5 Å². The zero-order valence-corrected chi connectivity index (χ0v) is 17.9. The van der Waals surface area contributed by atoms with Gasteiger partial charge < -0.3 is 19.5 Å². The third-order valence-corrected chi connectivity index (χ3v) is 5.15. The van der Waals surface area contributed by atoms with E-state index in [0.29, 0.717) is 29.2 Å². The Morgan fingerprint density at radius 2 is 1.67 bits per heavy atom. The smallest absolute Gasteiger partial charge is 0.295 e. The summed E-state index contributed by atoms with van der Waals surface area (Å²) in [7, 11) is 3.07. The Morgan fingerprint density at radius 1 is 1.03 bits per heavy atom. The van der Waals surface area contributed by atoms with Gasteiger partial charge in [0.2, 0.25) is 0 Å². The zero-order valence-electron chi connectivity index (χ0n) is 17.9. The Kier molecular flexibility index (Phi) is 6.15. The summed E-state index contributed by atoms with van der Waals surface area (Å²) in [4.78, 5) is 27.4. The third kappa shape index (κ3) is 3.90. The summed E-state index contributed by atoms with van der Waals surface area (Å²) in [6.45, 7) is 6.28. The second-order valence-corrected chi connectivity index (χ2v) is 7.83. The van der Waals surface area contributed by atoms with Crippen molar-refractivity contribution < 1.29 is 24.2 Å². The summed E-state index contributed by atoms with van der Waals surface area (Å²) in [5.41, 5.74) is 2.27. The van der Waals surface area contributed by atoms with Gasteiger partial charge in [-0.3, -0.25) is 9.59 Å². The first-order valence-corrected chi connectivity index (χ1v) is 9.85. The minimum atomic E-state index is -0.714. The lowest BCUT2D eigenvalue weighted by Crippen LogP contribution is -2.33. The molecular formula is C24H27NO5. The van der Waals surface area contributed by atoms with E-state index in [1.54, 1.807) is 37.4 Å². The van der Waals surface area contributed by atoms with Crippen LogP contribution in [0.4, 0.5) is 0 Å². The number of nitrogens with zero attached hydrogens (tertiary/aromatic N) is 1. The molecule has 158 valence electrons. The van der Waals surface area contributed by atoms with E-state index in [0.717, 1.165) is 5.56 Å². The van der Waals surface area contributed by atoms with Gasteiger partial charge in [-0.25, -0.2) is 0 Å². The molecule has 0 aliphatic carbocycles. The average molecular weight is 409 g/mol. The molecule has 0 spiro atoms. The quantitative estimate of drug-likeness (QED) is 0.442. The lowest BCUT2D eigenvalue weighted by molar-refractivity contribution is -0.140. The van der Waals surface area contributed by atoms with Crippen molar-refractivity contribution in [2.45, 2.75) is 26.8 Å². The number of ether oxygens (including phenoxy) is 2. The standard InChI is InChI=1S/C24H27NO5/c1-14(2)13-25-21(17-10-11-18(29-4)19(12-17)30-5)20(23(27)24(25)28)22(26)16-8-6-15(3)7-9-16/h6-12,14,21,26H,13H2,1-5H3/t21-/m0/s1. The summed E-state index contributed by atoms with van der Waals surface area (Å²) >= 11 is 0. The number of aryl methyl sites for hydroxylation is 1. The van der Waals surface area contributed by atoms with Crippen molar-refractivity contribution >= 4 is 17.4 Å². The molecule has 1 heterocycles. The molecule has 1 N–H and O–H groups in total. The van der Waals surface area contributed by atoms with Gasteiger partial charge in [0.1, 0.15) is 5.76 Å². The molecule has 2 aromatic rings. The van der Waals surface area contributed by atoms with Gasteiger partial charge in [0, 0.05) is 12.1 Å². The minimum absolute atomic E-state index is 0.0803. The maximum absolute atomic E-state index is 13.0. The van der Waals surface area contributed by atoms with Crippen molar-refractivity contribution in [1.82, 2.24) is 4.90 Å². The van der Waals surface area contributed by atoms with E-state index in [9.17, 15) is 14.7 Å². The number of likely N-dealkylation sites (tertiary alicyclic amines) is 1. The number of carbonyl (C=O) groups is 2. The van der Waals surface area contributed by atoms with Crippen LogP contribution in [0, 0.1) is 12.8 Å². The monoisotopic (exact) mass is 409 g/mol. The number of rotatable bonds is 6. The number of benzene rings is 2. The fourth-order valence-corrected chi connectivity index (χ4v) is 3.70. The van der Waals surface area contributed by atoms with Gasteiger partial charge in [0.25, 0.3) is 11.7 Å². The number of hydrogen-bond acceptors (Lipinski definition) is 5. The molecule has 0 radical (unpaired) electrons. The molecule has 0 bridgehead atoms. The van der Waals surface area contributed by atoms with Crippen LogP contribution in [0.15, 0.2) is 48.0 Å². The number of Topliss-reactive ketones (excluding diaryl/α,β-unsaturated/α-hetero) is 1. The van der Waals surface area contributed by atoms with E-state index in [1.165, 1.54) is 12.0 Å². The SMILES string of the molecule is COc1ccc([C@H]2C(=C(O)c3ccc(C)cc3)C(=O)C(=O)N2CC(C)C)cc1OC. The largest absolute Gasteiger partial charge is 0.507 e. The van der Waals surface area contributed by atoms with Crippen molar-refractivity contribution in [1.29, 1.82) is 0 Å². The lowest BCUT2D eigenvalue weighted by Gasteiger charge is -2.27. The molecule has 1 atom stereocenters. The van der Waals surface area contributed by atoms with Crippen LogP contribution in [0.25, 0.3) is 5.76 Å². The molecule has 1 saturated heterocycles. The topological polar surface area (TPSA) is 76.1 Å². The zero-order chi connectivity index (χ0) is 22.0. The highest BCUT2D eigenvalue weighted by atomic mass is 16.5. The van der Waals surface area contributed by atoms with Gasteiger partial charge in [-0.2, -0.15) is 0 Å². The molecule has 0 aromatic heterocycles. The second-order valence-electron chi connectivity index (χ2n) is 7.83. The number of ketones is 1. The Hall–Kier alpha value is -3.28. The number of methoxy groups -OCH3 is 2. The maximum Gasteiger partial charge on any atom is 0.295 e. The predicted molar refractivity (Wildman–Crippen MR) is 115 cm³/mol. The second kappa shape index (κ2) is 8.61. The molecule has 1 aliphatic heterocycles. The van der Waals surface area contributed by atoms with Crippen LogP contribution in [0.5, 0.6) is 11.5 Å². The minimum Gasteiger partial charge on any atom is -0.507 e. The molecule has 2 aromatic carbocycles. The molecule has 3 rings (SSSR count).